The van der Waals surface area contributed by atoms with Crippen molar-refractivity contribution in [3.8, 4) is 0 Å². The molecule has 0 bridgehead atoms. The van der Waals surface area contributed by atoms with Crippen LogP contribution >= 0.6 is 11.6 Å². The normalized spacial score (nSPS) is 11.9. The Morgan fingerprint density at radius 3 is 2.33 bits per heavy atom. The van der Waals surface area contributed by atoms with Gasteiger partial charge in [-0.1, -0.05) is 35.9 Å². The highest BCUT2D eigenvalue weighted by Crippen LogP contribution is 2.34. The van der Waals surface area contributed by atoms with Crippen LogP contribution < -0.4 is 10.7 Å². The van der Waals surface area contributed by atoms with Crippen molar-refractivity contribution < 1.29 is 23.1 Å². The summed E-state index contributed by atoms with van der Waals surface area (Å²) < 4.78 is 38.9. The maximum atomic E-state index is 13.0. The van der Waals surface area contributed by atoms with E-state index in [9.17, 15) is 18.0 Å². The molecular weight excluding hydrogens is 347 g/mol. The van der Waals surface area contributed by atoms with E-state index in [4.69, 9.17) is 16.7 Å². The number of benzene rings is 2. The van der Waals surface area contributed by atoms with Crippen LogP contribution in [0.5, 0.6) is 0 Å². The summed E-state index contributed by atoms with van der Waals surface area (Å²) in [7, 11) is 0. The van der Waals surface area contributed by atoms with Crippen LogP contribution in [0.1, 0.15) is 11.1 Å². The molecule has 0 atom stereocenters. The summed E-state index contributed by atoms with van der Waals surface area (Å²) in [4.78, 5) is 10.9. The molecule has 3 N–H and O–H groups in total. The van der Waals surface area contributed by atoms with Crippen LogP contribution in [0.4, 0.5) is 23.7 Å². The zero-order chi connectivity index (χ0) is 17.7. The Kier molecular flexibility index (Phi) is 5.30. The summed E-state index contributed by atoms with van der Waals surface area (Å²) in [6.45, 7) is 0. The van der Waals surface area contributed by atoms with E-state index in [1.54, 1.807) is 12.1 Å². The van der Waals surface area contributed by atoms with Crippen LogP contribution in [0.15, 0.2) is 53.6 Å². The molecule has 0 saturated heterocycles. The number of carbonyl (C=O) groups is 1. The highest BCUT2D eigenvalue weighted by Gasteiger charge is 2.33. The quantitative estimate of drug-likeness (QED) is 0.433. The number of para-hydroxylation sites is 1. The van der Waals surface area contributed by atoms with Crippen molar-refractivity contribution in [3.05, 3.63) is 64.7 Å². The van der Waals surface area contributed by atoms with E-state index in [-0.39, 0.29) is 22.1 Å². The lowest BCUT2D eigenvalue weighted by Crippen LogP contribution is -2.30. The molecule has 126 valence electrons. The van der Waals surface area contributed by atoms with Gasteiger partial charge in [-0.2, -0.15) is 18.3 Å². The predicted molar refractivity (Wildman–Crippen MR) is 84.2 cm³/mol. The van der Waals surface area contributed by atoms with Gasteiger partial charge in [0, 0.05) is 5.56 Å². The first-order valence-electron chi connectivity index (χ1n) is 6.54. The molecule has 0 saturated carbocycles. The SMILES string of the molecule is O=C(O)NC(=NNc1ccccc1C(F)(F)F)c1ccccc1Cl. The minimum absolute atomic E-state index is 0.191. The second-order valence-electron chi connectivity index (χ2n) is 4.53. The van der Waals surface area contributed by atoms with E-state index in [0.29, 0.717) is 0 Å². The number of rotatable bonds is 3. The van der Waals surface area contributed by atoms with Crippen LogP contribution in [-0.4, -0.2) is 17.0 Å². The summed E-state index contributed by atoms with van der Waals surface area (Å²) in [6.07, 6.45) is -6.01. The van der Waals surface area contributed by atoms with Crippen molar-refractivity contribution in [2.45, 2.75) is 6.18 Å². The molecule has 0 aliphatic heterocycles. The van der Waals surface area contributed by atoms with Crippen molar-refractivity contribution >= 4 is 29.2 Å². The molecule has 0 aliphatic rings. The van der Waals surface area contributed by atoms with E-state index in [1.165, 1.54) is 30.3 Å². The molecule has 0 unspecified atom stereocenters. The van der Waals surface area contributed by atoms with Crippen LogP contribution in [0.3, 0.4) is 0 Å². The third-order valence-corrected chi connectivity index (χ3v) is 3.20. The van der Waals surface area contributed by atoms with E-state index >= 15 is 0 Å². The summed E-state index contributed by atoms with van der Waals surface area (Å²) >= 11 is 5.97. The van der Waals surface area contributed by atoms with E-state index in [1.807, 2.05) is 5.32 Å². The van der Waals surface area contributed by atoms with Gasteiger partial charge in [0.15, 0.2) is 5.84 Å². The molecule has 0 radical (unpaired) electrons. The van der Waals surface area contributed by atoms with E-state index in [0.717, 1.165) is 6.07 Å². The fourth-order valence-corrected chi connectivity index (χ4v) is 2.08. The lowest BCUT2D eigenvalue weighted by atomic mass is 10.2. The number of nitrogens with zero attached hydrogens (tertiary/aromatic N) is 1. The highest BCUT2D eigenvalue weighted by atomic mass is 35.5. The molecule has 24 heavy (non-hydrogen) atoms. The van der Waals surface area contributed by atoms with Crippen LogP contribution in [0, 0.1) is 0 Å². The molecule has 2 aromatic carbocycles. The lowest BCUT2D eigenvalue weighted by molar-refractivity contribution is -0.136. The first-order chi connectivity index (χ1) is 11.3. The predicted octanol–water partition coefficient (Wildman–Crippen LogP) is 4.40. The molecular formula is C15H11ClF3N3O2. The Hall–Kier alpha value is -2.74. The van der Waals surface area contributed by atoms with Crippen molar-refractivity contribution in [2.75, 3.05) is 5.43 Å². The number of nitrogens with one attached hydrogen (secondary N) is 2. The standard InChI is InChI=1S/C15H11ClF3N3O2/c16-11-7-3-1-5-9(11)13(20-14(23)24)22-21-12-8-4-2-6-10(12)15(17,18)19/h1-8,21H,(H,20,22)(H,23,24). The molecule has 0 spiro atoms. The fourth-order valence-electron chi connectivity index (χ4n) is 1.85. The van der Waals surface area contributed by atoms with Gasteiger partial charge in [0.1, 0.15) is 0 Å². The van der Waals surface area contributed by atoms with Gasteiger partial charge in [-0.05, 0) is 24.3 Å². The average molecular weight is 358 g/mol. The third kappa shape index (κ3) is 4.39. The zero-order valence-electron chi connectivity index (χ0n) is 11.9. The smallest absolute Gasteiger partial charge is 0.418 e. The Bertz CT molecular complexity index is 779. The lowest BCUT2D eigenvalue weighted by Gasteiger charge is -2.13. The number of amides is 1. The number of halogens is 4. The van der Waals surface area contributed by atoms with Gasteiger partial charge >= 0.3 is 12.3 Å². The number of alkyl halides is 3. The first kappa shape index (κ1) is 17.6. The van der Waals surface area contributed by atoms with Crippen molar-refractivity contribution in [1.29, 1.82) is 0 Å². The maximum absolute atomic E-state index is 13.0. The topological polar surface area (TPSA) is 73.7 Å². The molecule has 0 aromatic heterocycles. The molecule has 0 heterocycles. The summed E-state index contributed by atoms with van der Waals surface area (Å²) in [6, 6.07) is 10.9. The van der Waals surface area contributed by atoms with Crippen LogP contribution in [0.25, 0.3) is 0 Å². The second-order valence-corrected chi connectivity index (χ2v) is 4.93. The minimum Gasteiger partial charge on any atom is -0.465 e. The van der Waals surface area contributed by atoms with Crippen molar-refractivity contribution in [3.63, 3.8) is 0 Å². The van der Waals surface area contributed by atoms with Gasteiger partial charge in [-0.25, -0.2) is 4.79 Å². The third-order valence-electron chi connectivity index (χ3n) is 2.87. The van der Waals surface area contributed by atoms with Crippen LogP contribution in [-0.2, 0) is 6.18 Å². The Morgan fingerprint density at radius 2 is 1.71 bits per heavy atom. The molecule has 0 aliphatic carbocycles. The molecule has 0 fully saturated rings. The monoisotopic (exact) mass is 357 g/mol. The summed E-state index contributed by atoms with van der Waals surface area (Å²) in [5.41, 5.74) is 1.21. The van der Waals surface area contributed by atoms with Gasteiger partial charge in [-0.3, -0.25) is 10.7 Å². The van der Waals surface area contributed by atoms with Gasteiger partial charge < -0.3 is 5.11 Å². The average Bonchev–Trinajstić information content (AvgIpc) is 2.51. The van der Waals surface area contributed by atoms with E-state index < -0.39 is 17.8 Å². The molecule has 1 amide bonds. The minimum atomic E-state index is -4.58. The van der Waals surface area contributed by atoms with E-state index in [2.05, 4.69) is 10.5 Å². The number of hydrogen-bond donors (Lipinski definition) is 3. The highest BCUT2D eigenvalue weighted by molar-refractivity contribution is 6.34. The molecule has 9 heteroatoms. The number of hydrazone groups is 1. The summed E-state index contributed by atoms with van der Waals surface area (Å²) in [5.74, 6) is -0.231. The number of amidine groups is 1. The Morgan fingerprint density at radius 1 is 1.08 bits per heavy atom. The number of anilines is 1. The van der Waals surface area contributed by atoms with Gasteiger partial charge in [0.25, 0.3) is 0 Å². The van der Waals surface area contributed by atoms with Crippen molar-refractivity contribution in [2.24, 2.45) is 5.10 Å². The zero-order valence-corrected chi connectivity index (χ0v) is 12.7. The Labute approximate surface area is 139 Å². The Balaban J connectivity index is 2.39. The van der Waals surface area contributed by atoms with Gasteiger partial charge in [0.2, 0.25) is 0 Å². The molecule has 2 rings (SSSR count). The second kappa shape index (κ2) is 7.22. The summed E-state index contributed by atoms with van der Waals surface area (Å²) in [5, 5.41) is 14.8. The molecule has 5 nitrogen and oxygen atoms in total. The maximum Gasteiger partial charge on any atom is 0.418 e. The number of hydrogen-bond acceptors (Lipinski definition) is 3. The number of carboxylic acid groups (broad SMARTS) is 1. The van der Waals surface area contributed by atoms with Gasteiger partial charge in [0.05, 0.1) is 16.3 Å². The van der Waals surface area contributed by atoms with Gasteiger partial charge in [-0.15, -0.1) is 0 Å². The first-order valence-corrected chi connectivity index (χ1v) is 6.91. The largest absolute Gasteiger partial charge is 0.465 e. The fraction of sp³-hybridized carbons (Fsp3) is 0.0667. The van der Waals surface area contributed by atoms with Crippen LogP contribution in [0.2, 0.25) is 5.02 Å². The van der Waals surface area contributed by atoms with Crippen molar-refractivity contribution in [1.82, 2.24) is 5.32 Å². The molecule has 2 aromatic rings.